The van der Waals surface area contributed by atoms with Crippen LogP contribution in [0.1, 0.15) is 11.6 Å². The lowest BCUT2D eigenvalue weighted by Gasteiger charge is -2.19. The summed E-state index contributed by atoms with van der Waals surface area (Å²) in [5.41, 5.74) is 1.32. The predicted octanol–water partition coefficient (Wildman–Crippen LogP) is 3.78. The van der Waals surface area contributed by atoms with Crippen molar-refractivity contribution in [3.63, 3.8) is 0 Å². The molecule has 0 aliphatic carbocycles. The van der Waals surface area contributed by atoms with E-state index < -0.39 is 11.0 Å². The molecule has 130 valence electrons. The van der Waals surface area contributed by atoms with Crippen molar-refractivity contribution >= 4 is 23.1 Å². The molecule has 2 aromatic carbocycles. The lowest BCUT2D eigenvalue weighted by molar-refractivity contribution is -0.385. The number of hydrogen-bond acceptors (Lipinski definition) is 5. The number of amides is 1. The first-order valence-electron chi connectivity index (χ1n) is 7.91. The van der Waals surface area contributed by atoms with Crippen LogP contribution in [-0.2, 0) is 4.79 Å². The van der Waals surface area contributed by atoms with E-state index in [1.54, 1.807) is 12.1 Å². The zero-order chi connectivity index (χ0) is 18.4. The lowest BCUT2D eigenvalue weighted by Crippen LogP contribution is -2.27. The third kappa shape index (κ3) is 4.21. The van der Waals surface area contributed by atoms with Gasteiger partial charge in [0, 0.05) is 11.8 Å². The van der Waals surface area contributed by atoms with Crippen LogP contribution in [0.4, 0.5) is 17.2 Å². The number of anilines is 2. The maximum Gasteiger partial charge on any atom is 0.287 e. The molecule has 0 saturated carbocycles. The molecule has 0 radical (unpaired) electrons. The van der Waals surface area contributed by atoms with Crippen molar-refractivity contribution in [2.24, 2.45) is 0 Å². The van der Waals surface area contributed by atoms with Crippen LogP contribution in [0.25, 0.3) is 0 Å². The summed E-state index contributed by atoms with van der Waals surface area (Å²) in [6, 6.07) is 20.4. The van der Waals surface area contributed by atoms with Gasteiger partial charge in [-0.25, -0.2) is 4.98 Å². The molecule has 26 heavy (non-hydrogen) atoms. The molecular formula is C19H16N4O3. The molecule has 2 N–H and O–H groups in total. The molecule has 0 spiro atoms. The van der Waals surface area contributed by atoms with Gasteiger partial charge in [-0.05, 0) is 23.8 Å². The molecule has 3 aromatic rings. The molecule has 1 heterocycles. The predicted molar refractivity (Wildman–Crippen MR) is 98.8 cm³/mol. The second-order valence-electron chi connectivity index (χ2n) is 5.50. The molecule has 1 atom stereocenters. The summed E-state index contributed by atoms with van der Waals surface area (Å²) in [6.07, 6.45) is 1.15. The molecule has 0 aliphatic heterocycles. The number of carbonyl (C=O) groups is 1. The van der Waals surface area contributed by atoms with Crippen molar-refractivity contribution in [1.82, 2.24) is 4.98 Å². The quantitative estimate of drug-likeness (QED) is 0.522. The number of rotatable bonds is 6. The maximum atomic E-state index is 12.8. The summed E-state index contributed by atoms with van der Waals surface area (Å²) < 4.78 is 0. The minimum absolute atomic E-state index is 0.111. The van der Waals surface area contributed by atoms with Crippen LogP contribution in [0.15, 0.2) is 79.0 Å². The van der Waals surface area contributed by atoms with E-state index in [4.69, 9.17) is 0 Å². The third-order valence-electron chi connectivity index (χ3n) is 3.69. The van der Waals surface area contributed by atoms with Crippen LogP contribution in [0.3, 0.4) is 0 Å². The van der Waals surface area contributed by atoms with E-state index in [0.717, 1.165) is 11.8 Å². The zero-order valence-corrected chi connectivity index (χ0v) is 13.7. The van der Waals surface area contributed by atoms with Crippen molar-refractivity contribution in [2.75, 3.05) is 10.6 Å². The maximum absolute atomic E-state index is 12.8. The average molecular weight is 348 g/mol. The molecule has 0 bridgehead atoms. The second kappa shape index (κ2) is 7.89. The Morgan fingerprint density at radius 2 is 1.62 bits per heavy atom. The first-order chi connectivity index (χ1) is 12.6. The van der Waals surface area contributed by atoms with Gasteiger partial charge in [0.25, 0.3) is 11.6 Å². The monoisotopic (exact) mass is 348 g/mol. The number of nitro groups is 1. The van der Waals surface area contributed by atoms with Gasteiger partial charge in [0.1, 0.15) is 18.1 Å². The normalized spacial score (nSPS) is 11.4. The fourth-order valence-electron chi connectivity index (χ4n) is 2.41. The molecule has 1 unspecified atom stereocenters. The highest BCUT2D eigenvalue weighted by Gasteiger charge is 2.21. The fraction of sp³-hybridized carbons (Fsp3) is 0.0526. The zero-order valence-electron chi connectivity index (χ0n) is 13.7. The molecule has 3 rings (SSSR count). The number of para-hydroxylation sites is 1. The van der Waals surface area contributed by atoms with Gasteiger partial charge in [-0.2, -0.15) is 0 Å². The Balaban J connectivity index is 1.84. The van der Waals surface area contributed by atoms with Crippen LogP contribution in [0, 0.1) is 10.1 Å². The highest BCUT2D eigenvalue weighted by atomic mass is 16.6. The van der Waals surface area contributed by atoms with Gasteiger partial charge >= 0.3 is 0 Å². The summed E-state index contributed by atoms with van der Waals surface area (Å²) in [5.74, 6) is 0.107. The van der Waals surface area contributed by atoms with E-state index in [1.807, 2.05) is 48.5 Å². The fourth-order valence-corrected chi connectivity index (χ4v) is 2.41. The van der Waals surface area contributed by atoms with Gasteiger partial charge in [0.2, 0.25) is 0 Å². The van der Waals surface area contributed by atoms with Gasteiger partial charge < -0.3 is 10.6 Å². The van der Waals surface area contributed by atoms with Gasteiger partial charge in [-0.3, -0.25) is 14.9 Å². The van der Waals surface area contributed by atoms with E-state index in [1.165, 1.54) is 12.1 Å². The number of nitrogens with zero attached hydrogens (tertiary/aromatic N) is 2. The van der Waals surface area contributed by atoms with Crippen molar-refractivity contribution in [3.05, 3.63) is 94.7 Å². The van der Waals surface area contributed by atoms with Crippen molar-refractivity contribution < 1.29 is 9.72 Å². The first-order valence-corrected chi connectivity index (χ1v) is 7.91. The Morgan fingerprint density at radius 3 is 2.19 bits per heavy atom. The van der Waals surface area contributed by atoms with Gasteiger partial charge in [0.15, 0.2) is 0 Å². The van der Waals surface area contributed by atoms with Crippen LogP contribution in [-0.4, -0.2) is 15.8 Å². The number of benzene rings is 2. The topological polar surface area (TPSA) is 97.2 Å². The molecular weight excluding hydrogens is 332 g/mol. The molecule has 0 saturated heterocycles. The Morgan fingerprint density at radius 1 is 0.962 bits per heavy atom. The molecule has 0 aliphatic rings. The van der Waals surface area contributed by atoms with E-state index in [9.17, 15) is 14.9 Å². The Hall–Kier alpha value is -3.74. The van der Waals surface area contributed by atoms with Crippen LogP contribution in [0.5, 0.6) is 0 Å². The first kappa shape index (κ1) is 17.1. The minimum atomic E-state index is -0.703. The SMILES string of the molecule is O=C(Nc1ccccc1)C(Nc1ccc([N+](=O)[O-])cn1)c1ccccc1. The van der Waals surface area contributed by atoms with Crippen molar-refractivity contribution in [1.29, 1.82) is 0 Å². The second-order valence-corrected chi connectivity index (χ2v) is 5.50. The molecule has 1 amide bonds. The summed E-state index contributed by atoms with van der Waals surface area (Å²) in [4.78, 5) is 27.0. The average Bonchev–Trinajstić information content (AvgIpc) is 2.68. The number of hydrogen-bond donors (Lipinski definition) is 2. The van der Waals surface area contributed by atoms with E-state index in [-0.39, 0.29) is 11.6 Å². The number of pyridine rings is 1. The third-order valence-corrected chi connectivity index (χ3v) is 3.69. The largest absolute Gasteiger partial charge is 0.355 e. The van der Waals surface area contributed by atoms with Gasteiger partial charge in [-0.15, -0.1) is 0 Å². The van der Waals surface area contributed by atoms with E-state index in [2.05, 4.69) is 15.6 Å². The summed E-state index contributed by atoms with van der Waals surface area (Å²) >= 11 is 0. The summed E-state index contributed by atoms with van der Waals surface area (Å²) in [6.45, 7) is 0. The molecule has 1 aromatic heterocycles. The lowest BCUT2D eigenvalue weighted by atomic mass is 10.1. The van der Waals surface area contributed by atoms with Crippen LogP contribution >= 0.6 is 0 Å². The summed E-state index contributed by atoms with van der Waals surface area (Å²) in [5, 5.41) is 16.6. The van der Waals surface area contributed by atoms with Crippen LogP contribution in [0.2, 0.25) is 0 Å². The van der Waals surface area contributed by atoms with Crippen molar-refractivity contribution in [2.45, 2.75) is 6.04 Å². The highest BCUT2D eigenvalue weighted by molar-refractivity contribution is 5.97. The molecule has 0 fully saturated rings. The van der Waals surface area contributed by atoms with Gasteiger partial charge in [-0.1, -0.05) is 48.5 Å². The molecule has 7 nitrogen and oxygen atoms in total. The van der Waals surface area contributed by atoms with E-state index in [0.29, 0.717) is 11.5 Å². The standard InChI is InChI=1S/C19H16N4O3/c24-19(21-15-9-5-2-6-10-15)18(14-7-3-1-4-8-14)22-17-12-11-16(13-20-17)23(25)26/h1-13,18H,(H,20,22)(H,21,24). The van der Waals surface area contributed by atoms with Crippen molar-refractivity contribution in [3.8, 4) is 0 Å². The Bertz CT molecular complexity index is 884. The van der Waals surface area contributed by atoms with Crippen LogP contribution < -0.4 is 10.6 Å². The number of aromatic nitrogens is 1. The number of nitrogens with one attached hydrogen (secondary N) is 2. The molecule has 7 heteroatoms. The number of carbonyl (C=O) groups excluding carboxylic acids is 1. The highest BCUT2D eigenvalue weighted by Crippen LogP contribution is 2.21. The minimum Gasteiger partial charge on any atom is -0.355 e. The Labute approximate surface area is 149 Å². The summed E-state index contributed by atoms with van der Waals surface area (Å²) in [7, 11) is 0. The smallest absolute Gasteiger partial charge is 0.287 e. The van der Waals surface area contributed by atoms with E-state index >= 15 is 0 Å². The Kier molecular flexibility index (Phi) is 5.19. The van der Waals surface area contributed by atoms with Gasteiger partial charge in [0.05, 0.1) is 4.92 Å².